The molecule has 0 radical (unpaired) electrons. The van der Waals surface area contributed by atoms with Crippen LogP contribution in [0.1, 0.15) is 5.56 Å². The van der Waals surface area contributed by atoms with Gasteiger partial charge in [0.05, 0.1) is 0 Å². The molecule has 0 spiro atoms. The number of ether oxygens (including phenoxy) is 1. The first-order chi connectivity index (χ1) is 15.1. The number of carbonyl (C=O) groups is 2. The van der Waals surface area contributed by atoms with Crippen LogP contribution in [0.3, 0.4) is 0 Å². The van der Waals surface area contributed by atoms with Gasteiger partial charge in [-0.25, -0.2) is 4.79 Å². The van der Waals surface area contributed by atoms with Crippen molar-refractivity contribution in [2.45, 2.75) is 12.5 Å². The molecule has 0 aliphatic rings. The fraction of sp³-hybridized carbons (Fsp3) is 0.0833. The van der Waals surface area contributed by atoms with Gasteiger partial charge in [-0.05, 0) is 48.0 Å². The number of para-hydroxylation sites is 2. The third kappa shape index (κ3) is 5.32. The second-order valence-corrected chi connectivity index (χ2v) is 7.87. The van der Waals surface area contributed by atoms with Crippen LogP contribution in [0, 0.1) is 0 Å². The van der Waals surface area contributed by atoms with E-state index in [-0.39, 0.29) is 5.91 Å². The van der Waals surface area contributed by atoms with E-state index in [0.29, 0.717) is 17.9 Å². The zero-order valence-electron chi connectivity index (χ0n) is 16.5. The second-order valence-electron chi connectivity index (χ2n) is 6.96. The zero-order chi connectivity index (χ0) is 21.6. The maximum Gasteiger partial charge on any atom is 0.413 e. The minimum absolute atomic E-state index is 0.302. The molecule has 0 bridgehead atoms. The van der Waals surface area contributed by atoms with Gasteiger partial charge >= 0.3 is 6.09 Å². The number of nitrogens with one attached hydrogen (secondary N) is 3. The Bertz CT molecular complexity index is 1190. The van der Waals surface area contributed by atoms with Crippen LogP contribution in [0.2, 0.25) is 0 Å². The van der Waals surface area contributed by atoms with Crippen LogP contribution in [0.15, 0.2) is 89.5 Å². The summed E-state index contributed by atoms with van der Waals surface area (Å²) in [6.45, 7) is 0. The van der Waals surface area contributed by atoms with Crippen molar-refractivity contribution in [1.82, 2.24) is 10.3 Å². The molecule has 3 N–H and O–H groups in total. The van der Waals surface area contributed by atoms with Gasteiger partial charge in [-0.15, -0.1) is 0 Å². The largest absolute Gasteiger partial charge is 0.413 e. The average molecular weight is 478 g/mol. The van der Waals surface area contributed by atoms with Crippen LogP contribution < -0.4 is 15.4 Å². The quantitative estimate of drug-likeness (QED) is 0.353. The molecule has 0 unspecified atom stereocenters. The van der Waals surface area contributed by atoms with Crippen molar-refractivity contribution in [3.63, 3.8) is 0 Å². The summed E-state index contributed by atoms with van der Waals surface area (Å²) in [4.78, 5) is 28.7. The fourth-order valence-electron chi connectivity index (χ4n) is 3.26. The van der Waals surface area contributed by atoms with Gasteiger partial charge in [0, 0.05) is 33.7 Å². The van der Waals surface area contributed by atoms with E-state index in [9.17, 15) is 9.59 Å². The number of hydrogen-bond acceptors (Lipinski definition) is 3. The molecule has 6 nitrogen and oxygen atoms in total. The monoisotopic (exact) mass is 477 g/mol. The lowest BCUT2D eigenvalue weighted by molar-refractivity contribution is -0.118. The van der Waals surface area contributed by atoms with Crippen molar-refractivity contribution in [2.24, 2.45) is 0 Å². The van der Waals surface area contributed by atoms with Gasteiger partial charge in [0.15, 0.2) is 0 Å². The number of aromatic nitrogens is 1. The Kier molecular flexibility index (Phi) is 6.33. The maximum atomic E-state index is 13.0. The summed E-state index contributed by atoms with van der Waals surface area (Å²) in [5.74, 6) is 0.0665. The SMILES string of the molecule is O=C(N[C@H](Cc1c[nH]c2ccccc12)C(=O)Nc1ccc(Br)cc1)Oc1ccccc1. The molecule has 156 valence electrons. The predicted octanol–water partition coefficient (Wildman–Crippen LogP) is 5.27. The highest BCUT2D eigenvalue weighted by molar-refractivity contribution is 9.10. The number of amides is 2. The lowest BCUT2D eigenvalue weighted by Gasteiger charge is -2.18. The molecule has 7 heteroatoms. The maximum absolute atomic E-state index is 13.0. The van der Waals surface area contributed by atoms with Crippen molar-refractivity contribution >= 4 is 44.5 Å². The summed E-state index contributed by atoms with van der Waals surface area (Å²) in [6.07, 6.45) is 1.47. The third-order valence-electron chi connectivity index (χ3n) is 4.77. The molecule has 0 aliphatic carbocycles. The fourth-order valence-corrected chi connectivity index (χ4v) is 3.52. The van der Waals surface area contributed by atoms with Gasteiger partial charge in [-0.2, -0.15) is 0 Å². The average Bonchev–Trinajstić information content (AvgIpc) is 3.18. The first-order valence-electron chi connectivity index (χ1n) is 9.73. The number of H-pyrrole nitrogens is 1. The number of benzene rings is 3. The Morgan fingerprint density at radius 3 is 2.42 bits per heavy atom. The van der Waals surface area contributed by atoms with E-state index < -0.39 is 12.1 Å². The first-order valence-corrected chi connectivity index (χ1v) is 10.5. The highest BCUT2D eigenvalue weighted by atomic mass is 79.9. The first kappa shape index (κ1) is 20.7. The number of aromatic amines is 1. The Morgan fingerprint density at radius 1 is 0.935 bits per heavy atom. The number of rotatable bonds is 6. The standard InChI is InChI=1S/C24H20BrN3O3/c25-17-10-12-18(13-11-17)27-23(29)22(28-24(30)31-19-6-2-1-3-7-19)14-16-15-26-21-9-5-4-8-20(16)21/h1-13,15,22,26H,14H2,(H,27,29)(H,28,30)/t22-/m1/s1. The van der Waals surface area contributed by atoms with Crippen molar-refractivity contribution < 1.29 is 14.3 Å². The summed E-state index contributed by atoms with van der Waals surface area (Å²) in [5.41, 5.74) is 2.53. The van der Waals surface area contributed by atoms with Gasteiger partial charge in [-0.3, -0.25) is 4.79 Å². The Labute approximate surface area is 187 Å². The molecule has 0 saturated heterocycles. The molecule has 0 fully saturated rings. The van der Waals surface area contributed by atoms with Crippen LogP contribution in [0.25, 0.3) is 10.9 Å². The van der Waals surface area contributed by atoms with Crippen molar-refractivity contribution in [2.75, 3.05) is 5.32 Å². The Balaban J connectivity index is 1.54. The highest BCUT2D eigenvalue weighted by Crippen LogP contribution is 2.20. The Morgan fingerprint density at radius 2 is 1.65 bits per heavy atom. The zero-order valence-corrected chi connectivity index (χ0v) is 18.1. The summed E-state index contributed by atoms with van der Waals surface area (Å²) in [7, 11) is 0. The molecular weight excluding hydrogens is 458 g/mol. The molecule has 3 aromatic carbocycles. The highest BCUT2D eigenvalue weighted by Gasteiger charge is 2.24. The van der Waals surface area contributed by atoms with Crippen molar-refractivity contribution in [1.29, 1.82) is 0 Å². The van der Waals surface area contributed by atoms with Gasteiger partial charge in [0.2, 0.25) is 5.91 Å². The van der Waals surface area contributed by atoms with Gasteiger partial charge in [-0.1, -0.05) is 52.3 Å². The lowest BCUT2D eigenvalue weighted by Crippen LogP contribution is -2.46. The lowest BCUT2D eigenvalue weighted by atomic mass is 10.0. The van der Waals surface area contributed by atoms with Crippen LogP contribution in [-0.2, 0) is 11.2 Å². The topological polar surface area (TPSA) is 83.2 Å². The number of anilines is 1. The third-order valence-corrected chi connectivity index (χ3v) is 5.30. The number of halogens is 1. The number of hydrogen-bond donors (Lipinski definition) is 3. The van der Waals surface area contributed by atoms with E-state index in [1.54, 1.807) is 36.4 Å². The molecule has 1 aromatic heterocycles. The smallest absolute Gasteiger partial charge is 0.410 e. The Hall–Kier alpha value is -3.58. The predicted molar refractivity (Wildman–Crippen MR) is 124 cm³/mol. The van der Waals surface area contributed by atoms with Gasteiger partial charge in [0.1, 0.15) is 11.8 Å². The van der Waals surface area contributed by atoms with E-state index >= 15 is 0 Å². The molecule has 4 aromatic rings. The minimum Gasteiger partial charge on any atom is -0.410 e. The van der Waals surface area contributed by atoms with E-state index in [2.05, 4.69) is 31.5 Å². The second kappa shape index (κ2) is 9.49. The number of fused-ring (bicyclic) bond motifs is 1. The summed E-state index contributed by atoms with van der Waals surface area (Å²) >= 11 is 3.38. The molecule has 2 amide bonds. The summed E-state index contributed by atoms with van der Waals surface area (Å²) in [6, 6.07) is 23.0. The molecule has 1 atom stereocenters. The van der Waals surface area contributed by atoms with Gasteiger partial charge < -0.3 is 20.4 Å². The van der Waals surface area contributed by atoms with Crippen molar-refractivity contribution in [3.8, 4) is 5.75 Å². The van der Waals surface area contributed by atoms with E-state index in [1.165, 1.54) is 0 Å². The van der Waals surface area contributed by atoms with Gasteiger partial charge in [0.25, 0.3) is 0 Å². The normalized spacial score (nSPS) is 11.6. The molecular formula is C24H20BrN3O3. The molecule has 0 aliphatic heterocycles. The molecule has 4 rings (SSSR count). The minimum atomic E-state index is -0.834. The molecule has 0 saturated carbocycles. The van der Waals surface area contributed by atoms with E-state index in [4.69, 9.17) is 4.74 Å². The van der Waals surface area contributed by atoms with Crippen LogP contribution >= 0.6 is 15.9 Å². The van der Waals surface area contributed by atoms with E-state index in [1.807, 2.05) is 48.7 Å². The van der Waals surface area contributed by atoms with Crippen LogP contribution in [0.5, 0.6) is 5.75 Å². The van der Waals surface area contributed by atoms with Crippen molar-refractivity contribution in [3.05, 3.63) is 95.1 Å². The summed E-state index contributed by atoms with van der Waals surface area (Å²) < 4.78 is 6.23. The van der Waals surface area contributed by atoms with Crippen LogP contribution in [0.4, 0.5) is 10.5 Å². The van der Waals surface area contributed by atoms with Crippen LogP contribution in [-0.4, -0.2) is 23.0 Å². The summed E-state index contributed by atoms with van der Waals surface area (Å²) in [5, 5.41) is 6.56. The molecule has 31 heavy (non-hydrogen) atoms. The number of carbonyl (C=O) groups excluding carboxylic acids is 2. The molecule has 1 heterocycles. The van der Waals surface area contributed by atoms with E-state index in [0.717, 1.165) is 20.9 Å².